The number of nitrogens with zero attached hydrogens (tertiary/aromatic N) is 1. The smallest absolute Gasteiger partial charge is 0.231 e. The normalized spacial score (nSPS) is 32.4. The molecule has 1 aromatic carbocycles. The zero-order valence-corrected chi connectivity index (χ0v) is 11.7. The van der Waals surface area contributed by atoms with Gasteiger partial charge in [0.2, 0.25) is 6.79 Å². The van der Waals surface area contributed by atoms with Crippen molar-refractivity contribution < 1.29 is 14.6 Å². The summed E-state index contributed by atoms with van der Waals surface area (Å²) in [6.07, 6.45) is 7.65. The van der Waals surface area contributed by atoms with Gasteiger partial charge in [0.25, 0.3) is 0 Å². The fourth-order valence-electron chi connectivity index (χ4n) is 4.30. The fraction of sp³-hybridized carbons (Fsp3) is 0.412. The molecule has 4 aliphatic rings. The largest absolute Gasteiger partial charge is 0.454 e. The van der Waals surface area contributed by atoms with E-state index in [4.69, 9.17) is 9.47 Å². The molecule has 1 N–H and O–H groups in total. The SMILES string of the molecule is O[C@H]1C=CC2=CCN3CCc4cc5c(cc4[C@@]23C1)OCO5. The van der Waals surface area contributed by atoms with Gasteiger partial charge in [-0.15, -0.1) is 0 Å². The minimum absolute atomic E-state index is 0.178. The number of aliphatic hydroxyl groups excluding tert-OH is 1. The fourth-order valence-corrected chi connectivity index (χ4v) is 4.30. The van der Waals surface area contributed by atoms with Crippen LogP contribution in [0.15, 0.2) is 35.9 Å². The molecule has 0 amide bonds. The molecular formula is C17H17NO3. The topological polar surface area (TPSA) is 41.9 Å². The van der Waals surface area contributed by atoms with E-state index < -0.39 is 0 Å². The molecule has 4 heteroatoms. The maximum absolute atomic E-state index is 10.2. The Morgan fingerprint density at radius 3 is 3.00 bits per heavy atom. The van der Waals surface area contributed by atoms with Crippen molar-refractivity contribution in [2.24, 2.45) is 0 Å². The lowest BCUT2D eigenvalue weighted by atomic mass is 9.71. The Morgan fingerprint density at radius 2 is 2.10 bits per heavy atom. The maximum atomic E-state index is 10.2. The second-order valence-corrected chi connectivity index (χ2v) is 6.21. The Balaban J connectivity index is 1.75. The highest BCUT2D eigenvalue weighted by molar-refractivity contribution is 5.58. The molecule has 0 saturated heterocycles. The van der Waals surface area contributed by atoms with Crippen LogP contribution in [0.1, 0.15) is 17.5 Å². The van der Waals surface area contributed by atoms with Crippen LogP contribution in [-0.2, 0) is 12.0 Å². The van der Waals surface area contributed by atoms with Crippen LogP contribution in [0.2, 0.25) is 0 Å². The van der Waals surface area contributed by atoms with Crippen molar-refractivity contribution >= 4 is 0 Å². The van der Waals surface area contributed by atoms with Crippen LogP contribution in [0.4, 0.5) is 0 Å². The highest BCUT2D eigenvalue weighted by Gasteiger charge is 2.50. The average molecular weight is 283 g/mol. The van der Waals surface area contributed by atoms with E-state index in [2.05, 4.69) is 29.2 Å². The predicted octanol–water partition coefficient (Wildman–Crippen LogP) is 1.73. The van der Waals surface area contributed by atoms with Crippen molar-refractivity contribution in [3.8, 4) is 11.5 Å². The molecule has 0 unspecified atom stereocenters. The first kappa shape index (κ1) is 11.8. The maximum Gasteiger partial charge on any atom is 0.231 e. The monoisotopic (exact) mass is 283 g/mol. The molecule has 2 atom stereocenters. The van der Waals surface area contributed by atoms with E-state index in [1.807, 2.05) is 6.08 Å². The summed E-state index contributed by atoms with van der Waals surface area (Å²) in [7, 11) is 0. The number of ether oxygens (including phenoxy) is 2. The van der Waals surface area contributed by atoms with Crippen LogP contribution >= 0.6 is 0 Å². The van der Waals surface area contributed by atoms with Crippen molar-refractivity contribution in [2.45, 2.75) is 24.5 Å². The molecular weight excluding hydrogens is 266 g/mol. The summed E-state index contributed by atoms with van der Waals surface area (Å²) in [5.74, 6) is 1.69. The number of hydrogen-bond acceptors (Lipinski definition) is 4. The number of fused-ring (bicyclic) bond motifs is 2. The van der Waals surface area contributed by atoms with Crippen molar-refractivity contribution in [3.63, 3.8) is 0 Å². The molecule has 5 rings (SSSR count). The summed E-state index contributed by atoms with van der Waals surface area (Å²) in [4.78, 5) is 2.49. The van der Waals surface area contributed by atoms with Gasteiger partial charge in [0.1, 0.15) is 0 Å². The number of aliphatic hydroxyl groups is 1. The van der Waals surface area contributed by atoms with Crippen LogP contribution in [0.3, 0.4) is 0 Å². The second kappa shape index (κ2) is 3.90. The Bertz CT molecular complexity index is 694. The molecule has 1 aromatic rings. The number of rotatable bonds is 0. The molecule has 3 heterocycles. The van der Waals surface area contributed by atoms with E-state index in [0.717, 1.165) is 37.4 Å². The van der Waals surface area contributed by atoms with Gasteiger partial charge in [-0.1, -0.05) is 18.2 Å². The summed E-state index contributed by atoms with van der Waals surface area (Å²) in [5.41, 5.74) is 3.74. The van der Waals surface area contributed by atoms with Crippen molar-refractivity contribution in [2.75, 3.05) is 19.9 Å². The molecule has 3 aliphatic heterocycles. The first-order valence-electron chi connectivity index (χ1n) is 7.52. The van der Waals surface area contributed by atoms with Gasteiger partial charge in [0.15, 0.2) is 11.5 Å². The van der Waals surface area contributed by atoms with E-state index >= 15 is 0 Å². The molecule has 0 radical (unpaired) electrons. The molecule has 0 aromatic heterocycles. The van der Waals surface area contributed by atoms with Gasteiger partial charge >= 0.3 is 0 Å². The molecule has 0 bridgehead atoms. The summed E-state index contributed by atoms with van der Waals surface area (Å²) < 4.78 is 11.1. The third-order valence-corrected chi connectivity index (χ3v) is 5.25. The Hall–Kier alpha value is -1.78. The average Bonchev–Trinajstić information content (AvgIpc) is 3.08. The van der Waals surface area contributed by atoms with Crippen LogP contribution in [-0.4, -0.2) is 36.0 Å². The molecule has 0 fully saturated rings. The zero-order valence-electron chi connectivity index (χ0n) is 11.7. The minimum atomic E-state index is -0.390. The lowest BCUT2D eigenvalue weighted by Crippen LogP contribution is -2.51. The standard InChI is InChI=1S/C17H17NO3/c19-13-2-1-12-4-6-18-5-3-11-7-15-16(21-10-20-15)8-14(11)17(12,18)9-13/h1-2,4,7-8,13,19H,3,5-6,9-10H2/t13-,17+/m0/s1. The summed E-state index contributed by atoms with van der Waals surface area (Å²) in [6.45, 7) is 2.29. The summed E-state index contributed by atoms with van der Waals surface area (Å²) in [5, 5.41) is 10.2. The molecule has 1 aliphatic carbocycles. The van der Waals surface area contributed by atoms with Crippen LogP contribution in [0, 0.1) is 0 Å². The van der Waals surface area contributed by atoms with E-state index in [1.165, 1.54) is 16.7 Å². The first-order valence-corrected chi connectivity index (χ1v) is 7.52. The number of hydrogen-bond donors (Lipinski definition) is 1. The summed E-state index contributed by atoms with van der Waals surface area (Å²) >= 11 is 0. The van der Waals surface area contributed by atoms with Crippen LogP contribution < -0.4 is 9.47 Å². The van der Waals surface area contributed by atoms with Crippen molar-refractivity contribution in [1.82, 2.24) is 4.90 Å². The van der Waals surface area contributed by atoms with Gasteiger partial charge in [0.05, 0.1) is 11.6 Å². The third kappa shape index (κ3) is 1.41. The highest BCUT2D eigenvalue weighted by atomic mass is 16.7. The van der Waals surface area contributed by atoms with E-state index in [1.54, 1.807) is 0 Å². The molecule has 108 valence electrons. The number of benzene rings is 1. The second-order valence-electron chi connectivity index (χ2n) is 6.21. The quantitative estimate of drug-likeness (QED) is 0.787. The van der Waals surface area contributed by atoms with Gasteiger partial charge in [-0.25, -0.2) is 0 Å². The first-order chi connectivity index (χ1) is 10.3. The van der Waals surface area contributed by atoms with Gasteiger partial charge in [-0.2, -0.15) is 0 Å². The predicted molar refractivity (Wildman–Crippen MR) is 77.4 cm³/mol. The molecule has 0 saturated carbocycles. The van der Waals surface area contributed by atoms with Gasteiger partial charge in [-0.3, -0.25) is 4.90 Å². The Kier molecular flexibility index (Phi) is 2.20. The minimum Gasteiger partial charge on any atom is -0.454 e. The zero-order chi connectivity index (χ0) is 14.0. The van der Waals surface area contributed by atoms with Crippen molar-refractivity contribution in [3.05, 3.63) is 47.1 Å². The molecule has 1 spiro atoms. The van der Waals surface area contributed by atoms with Crippen LogP contribution in [0.25, 0.3) is 0 Å². The van der Waals surface area contributed by atoms with E-state index in [9.17, 15) is 5.11 Å². The van der Waals surface area contributed by atoms with Crippen LogP contribution in [0.5, 0.6) is 11.5 Å². The molecule has 4 nitrogen and oxygen atoms in total. The lowest BCUT2D eigenvalue weighted by Gasteiger charge is -2.47. The summed E-state index contributed by atoms with van der Waals surface area (Å²) in [6, 6.07) is 4.26. The van der Waals surface area contributed by atoms with Gasteiger partial charge < -0.3 is 14.6 Å². The Morgan fingerprint density at radius 1 is 1.24 bits per heavy atom. The Labute approximate surface area is 123 Å². The highest BCUT2D eigenvalue weighted by Crippen LogP contribution is 2.52. The molecule has 21 heavy (non-hydrogen) atoms. The van der Waals surface area contributed by atoms with E-state index in [0.29, 0.717) is 6.79 Å². The third-order valence-electron chi connectivity index (χ3n) is 5.25. The lowest BCUT2D eigenvalue weighted by molar-refractivity contribution is 0.0771. The van der Waals surface area contributed by atoms with E-state index in [-0.39, 0.29) is 11.6 Å². The van der Waals surface area contributed by atoms with Crippen molar-refractivity contribution in [1.29, 1.82) is 0 Å². The van der Waals surface area contributed by atoms with Gasteiger partial charge in [-0.05, 0) is 35.3 Å². The van der Waals surface area contributed by atoms with Gasteiger partial charge in [0, 0.05) is 19.5 Å².